The fourth-order valence-corrected chi connectivity index (χ4v) is 9.40. The van der Waals surface area contributed by atoms with E-state index >= 15 is 0 Å². The van der Waals surface area contributed by atoms with Crippen LogP contribution in [0.15, 0.2) is 112 Å². The number of esters is 3. The average molecular weight is 1440 g/mol. The van der Waals surface area contributed by atoms with E-state index in [0.717, 1.165) is 184 Å². The van der Waals surface area contributed by atoms with Crippen LogP contribution in [-0.4, -0.2) is 144 Å². The Bertz CT molecular complexity index is 3260. The Morgan fingerprint density at radius 3 is 1.29 bits per heavy atom. The molecule has 0 aromatic carbocycles. The molecule has 514 valence electrons. The molecule has 0 aliphatic carbocycles. The lowest BCUT2D eigenvalue weighted by molar-refractivity contribution is -0.144. The molecule has 0 saturated heterocycles. The number of rotatable bonds is 35. The zero-order chi connectivity index (χ0) is 66.2. The van der Waals surface area contributed by atoms with Gasteiger partial charge in [0.05, 0.1) is 55.6 Å². The standard InChI is InChI=1S/C20H26N6O2.C18H23N7O2.C13H21N3O2.C9H19NO2.C4H3IN2.ClH.H3N/c1-3-28-18(27)8-6-4-5-7-12-26(17-14-21-10-11-22-17)20-19-16(23-15-24-20)9-13-25(19)2;1-24-11-7-14-17(24)18(22-13-21-14)25(15-12-19-8-9-20-15)10-5-3-2-4-6-16(26)23-27;1-2-18-13(17)7-5-3-4-6-8-15-12-11-14-9-10-16-12;1-2-12-9(11)7-5-3-4-6-8-10;5-4-3-6-1-2-7-4;;/h9-11,13-15H,3-8,12H2,1-2H3;7-9,11-13,27H,2-6,10H2,1H3,(H,23,26);9-11H,2-8H2,1H3,(H,15,16);2-8,10H2,1H3;1-3H;1H;1H3. The average Bonchev–Trinajstić information content (AvgIpc) is 1.57. The lowest BCUT2D eigenvalue weighted by Gasteiger charge is -2.23. The third-order valence-electron chi connectivity index (χ3n) is 13.6. The number of aryl methyl sites for hydroxylation is 2. The maximum absolute atomic E-state index is 11.4. The number of nitrogens with one attached hydrogen (secondary N) is 2. The summed E-state index contributed by atoms with van der Waals surface area (Å²) in [7, 11) is 3.95. The second-order valence-electron chi connectivity index (χ2n) is 20.6. The summed E-state index contributed by atoms with van der Waals surface area (Å²) in [4.78, 5) is 99.4. The maximum Gasteiger partial charge on any atom is 0.305 e. The first-order valence-corrected chi connectivity index (χ1v) is 32.6. The second-order valence-corrected chi connectivity index (χ2v) is 21.7. The van der Waals surface area contributed by atoms with Crippen molar-refractivity contribution in [1.82, 2.24) is 80.6 Å². The van der Waals surface area contributed by atoms with E-state index in [1.807, 2.05) is 68.5 Å². The molecule has 8 heterocycles. The molecule has 0 atom stereocenters. The van der Waals surface area contributed by atoms with Gasteiger partial charge in [-0.2, -0.15) is 0 Å². The van der Waals surface area contributed by atoms with Gasteiger partial charge in [0, 0.05) is 121 Å². The highest BCUT2D eigenvalue weighted by atomic mass is 127. The summed E-state index contributed by atoms with van der Waals surface area (Å²) in [6, 6.07) is 3.94. The monoisotopic (exact) mass is 1430 g/mol. The van der Waals surface area contributed by atoms with Gasteiger partial charge in [-0.15, -0.1) is 12.4 Å². The number of nitrogens with two attached hydrogens (primary N) is 1. The van der Waals surface area contributed by atoms with Gasteiger partial charge < -0.3 is 50.3 Å². The first kappa shape index (κ1) is 81.8. The smallest absolute Gasteiger partial charge is 0.305 e. The molecule has 8 aromatic heterocycles. The van der Waals surface area contributed by atoms with Crippen LogP contribution in [0, 0.1) is 3.70 Å². The number of anilines is 5. The first-order chi connectivity index (χ1) is 44.9. The first-order valence-electron chi connectivity index (χ1n) is 31.5. The van der Waals surface area contributed by atoms with Crippen LogP contribution in [0.2, 0.25) is 0 Å². The highest BCUT2D eigenvalue weighted by molar-refractivity contribution is 14.1. The maximum atomic E-state index is 11.4. The number of amides is 1. The molecule has 0 aliphatic rings. The van der Waals surface area contributed by atoms with Crippen molar-refractivity contribution in [2.45, 2.75) is 149 Å². The Balaban J connectivity index is 0.000000424. The summed E-state index contributed by atoms with van der Waals surface area (Å²) in [6.45, 7) is 10.0. The lowest BCUT2D eigenvalue weighted by Crippen LogP contribution is -2.22. The normalized spacial score (nSPS) is 10.2. The van der Waals surface area contributed by atoms with Crippen molar-refractivity contribution in [1.29, 1.82) is 0 Å². The number of carbonyl (C=O) groups excluding carboxylic acids is 4. The third-order valence-corrected chi connectivity index (χ3v) is 14.1. The van der Waals surface area contributed by atoms with Gasteiger partial charge in [-0.05, 0) is 113 Å². The molecule has 0 unspecified atom stereocenters. The number of unbranched alkanes of at least 4 members (excludes halogenated alkanes) is 12. The summed E-state index contributed by atoms with van der Waals surface area (Å²) >= 11 is 2.11. The molecule has 8 rings (SSSR count). The molecule has 0 spiro atoms. The summed E-state index contributed by atoms with van der Waals surface area (Å²) < 4.78 is 19.6. The Kier molecular flexibility index (Phi) is 44.6. The number of halogens is 2. The fourth-order valence-electron chi connectivity index (χ4n) is 9.07. The van der Waals surface area contributed by atoms with E-state index in [1.54, 1.807) is 92.5 Å². The van der Waals surface area contributed by atoms with Gasteiger partial charge in [0.25, 0.3) is 0 Å². The van der Waals surface area contributed by atoms with Crippen LogP contribution in [0.25, 0.3) is 22.1 Å². The van der Waals surface area contributed by atoms with Gasteiger partial charge in [0.2, 0.25) is 5.91 Å². The van der Waals surface area contributed by atoms with Crippen molar-refractivity contribution in [3.63, 3.8) is 0 Å². The third kappa shape index (κ3) is 33.0. The minimum absolute atomic E-state index is 0. The topological polar surface area (TPSA) is 372 Å². The van der Waals surface area contributed by atoms with Crippen LogP contribution in [-0.2, 0) is 47.5 Å². The van der Waals surface area contributed by atoms with E-state index in [2.05, 4.69) is 97.5 Å². The van der Waals surface area contributed by atoms with Crippen LogP contribution < -0.4 is 32.5 Å². The molecule has 8 aromatic rings. The Morgan fingerprint density at radius 1 is 0.511 bits per heavy atom. The lowest BCUT2D eigenvalue weighted by atomic mass is 10.1. The minimum Gasteiger partial charge on any atom is -0.466 e. The van der Waals surface area contributed by atoms with Gasteiger partial charge in [-0.1, -0.05) is 51.4 Å². The zero-order valence-electron chi connectivity index (χ0n) is 55.0. The summed E-state index contributed by atoms with van der Waals surface area (Å²) in [5.74, 6) is 3.30. The molecule has 94 heavy (non-hydrogen) atoms. The number of fused-ring (bicyclic) bond motifs is 2. The van der Waals surface area contributed by atoms with E-state index in [-0.39, 0.29) is 42.4 Å². The number of hydrogen-bond acceptors (Lipinski definition) is 25. The molecule has 8 N–H and O–H groups in total. The fraction of sp³-hybridized carbons (Fsp3) is 0.500. The molecule has 0 aliphatic heterocycles. The summed E-state index contributed by atoms with van der Waals surface area (Å²) in [6.07, 6.45) is 44.8. The van der Waals surface area contributed by atoms with Gasteiger partial charge in [0.1, 0.15) is 33.2 Å². The summed E-state index contributed by atoms with van der Waals surface area (Å²) in [5.41, 5.74) is 10.7. The number of aromatic nitrogens is 14. The second kappa shape index (κ2) is 51.2. The van der Waals surface area contributed by atoms with Crippen LogP contribution in [0.4, 0.5) is 29.1 Å². The molecule has 0 fully saturated rings. The molecular formula is C64H96ClIN20O8. The highest BCUT2D eigenvalue weighted by Gasteiger charge is 2.20. The van der Waals surface area contributed by atoms with Crippen molar-refractivity contribution in [2.75, 3.05) is 61.1 Å². The van der Waals surface area contributed by atoms with Gasteiger partial charge in [-0.3, -0.25) is 44.3 Å². The largest absolute Gasteiger partial charge is 0.466 e. The predicted molar refractivity (Wildman–Crippen MR) is 374 cm³/mol. The van der Waals surface area contributed by atoms with Crippen molar-refractivity contribution in [3.05, 3.63) is 115 Å². The van der Waals surface area contributed by atoms with Crippen molar-refractivity contribution in [3.8, 4) is 0 Å². The van der Waals surface area contributed by atoms with Gasteiger partial charge >= 0.3 is 17.9 Å². The van der Waals surface area contributed by atoms with E-state index in [1.165, 1.54) is 0 Å². The van der Waals surface area contributed by atoms with Gasteiger partial charge in [-0.25, -0.2) is 45.4 Å². The van der Waals surface area contributed by atoms with Crippen LogP contribution in [0.1, 0.15) is 149 Å². The molecular weight excluding hydrogens is 1340 g/mol. The van der Waals surface area contributed by atoms with Crippen LogP contribution in [0.3, 0.4) is 0 Å². The quantitative estimate of drug-likeness (QED) is 0.00615. The Labute approximate surface area is 571 Å². The molecule has 28 nitrogen and oxygen atoms in total. The number of nitrogens with zero attached hydrogens (tertiary/aromatic N) is 16. The Morgan fingerprint density at radius 2 is 0.915 bits per heavy atom. The number of carbonyl (C=O) groups is 4. The van der Waals surface area contributed by atoms with Crippen LogP contribution >= 0.6 is 35.0 Å². The molecule has 0 saturated carbocycles. The molecule has 1 amide bonds. The van der Waals surface area contributed by atoms with Crippen molar-refractivity contribution in [2.24, 2.45) is 19.8 Å². The van der Waals surface area contributed by atoms with Crippen molar-refractivity contribution < 1.29 is 38.6 Å². The van der Waals surface area contributed by atoms with E-state index < -0.39 is 0 Å². The number of hydroxylamine groups is 1. The van der Waals surface area contributed by atoms with E-state index in [9.17, 15) is 19.2 Å². The SMILES string of the molecule is CCOC(=O)CCCCCCN.CCOC(=O)CCCCCCN(c1cnccn1)c1ncnc2ccn(C)c12.CCOC(=O)CCCCCCNc1cnccn1.Cl.Cn1ccc2ncnc(N(CCCCCCC(=O)NO)c3cnccn3)c21.Ic1cnccn1.N. The Hall–Kier alpha value is -8.26. The van der Waals surface area contributed by atoms with E-state index in [0.29, 0.717) is 45.5 Å². The molecule has 0 radical (unpaired) electrons. The van der Waals surface area contributed by atoms with E-state index in [4.69, 9.17) is 25.2 Å². The minimum atomic E-state index is -0.344. The zero-order valence-corrected chi connectivity index (χ0v) is 58.0. The molecule has 30 heteroatoms. The van der Waals surface area contributed by atoms with Crippen LogP contribution in [0.5, 0.6) is 0 Å². The molecule has 0 bridgehead atoms. The number of hydrogen-bond donors (Lipinski definition) is 5. The van der Waals surface area contributed by atoms with Gasteiger partial charge in [0.15, 0.2) is 23.3 Å². The number of ether oxygens (including phenoxy) is 3. The highest BCUT2D eigenvalue weighted by Crippen LogP contribution is 2.30. The summed E-state index contributed by atoms with van der Waals surface area (Å²) in [5, 5.41) is 11.7. The van der Waals surface area contributed by atoms with Crippen molar-refractivity contribution >= 4 is 110 Å². The predicted octanol–water partition coefficient (Wildman–Crippen LogP) is 11.3.